The number of rotatable bonds is 6. The topological polar surface area (TPSA) is 68.5 Å². The molecule has 0 bridgehead atoms. The fourth-order valence-corrected chi connectivity index (χ4v) is 2.45. The zero-order chi connectivity index (χ0) is 18.4. The minimum absolute atomic E-state index is 0.0537. The van der Waals surface area contributed by atoms with Gasteiger partial charge in [-0.05, 0) is 24.6 Å². The summed E-state index contributed by atoms with van der Waals surface area (Å²) in [5.74, 6) is -1.02. The number of benzene rings is 2. The lowest BCUT2D eigenvalue weighted by Crippen LogP contribution is -2.31. The zero-order valence-electron chi connectivity index (χ0n) is 14.3. The number of nitrogens with one attached hydrogen (secondary N) is 1. The molecule has 26 heavy (non-hydrogen) atoms. The monoisotopic (exact) mass is 349 g/mol. The molecule has 1 amide bonds. The summed E-state index contributed by atoms with van der Waals surface area (Å²) in [5, 5.41) is 2.82. The average Bonchev–Trinajstić information content (AvgIpc) is 3.21. The van der Waals surface area contributed by atoms with Crippen molar-refractivity contribution in [1.82, 2.24) is 5.32 Å². The Bertz CT molecular complexity index is 855. The van der Waals surface area contributed by atoms with Crippen LogP contribution in [0.5, 0.6) is 0 Å². The molecule has 0 radical (unpaired) electrons. The fourth-order valence-electron chi connectivity index (χ4n) is 2.45. The molecule has 1 atom stereocenters. The zero-order valence-corrected chi connectivity index (χ0v) is 14.3. The predicted octanol–water partition coefficient (Wildman–Crippen LogP) is 3.80. The molecule has 0 aliphatic heterocycles. The summed E-state index contributed by atoms with van der Waals surface area (Å²) < 4.78 is 10.5. The standard InChI is InChI=1S/C21H19NO4/c1-15-9-11-17(12-10-15)19(26-21(24)18-8-5-13-25-18)20(23)22-14-16-6-3-2-4-7-16/h2-13,19H,14H2,1H3,(H,22,23). The highest BCUT2D eigenvalue weighted by Gasteiger charge is 2.26. The number of hydrogen-bond donors (Lipinski definition) is 1. The first-order valence-electron chi connectivity index (χ1n) is 8.26. The number of amides is 1. The molecular formula is C21H19NO4. The second kappa shape index (κ2) is 8.16. The molecule has 0 saturated heterocycles. The van der Waals surface area contributed by atoms with Gasteiger partial charge in [0, 0.05) is 12.1 Å². The van der Waals surface area contributed by atoms with Crippen LogP contribution in [0.2, 0.25) is 0 Å². The smallest absolute Gasteiger partial charge is 0.375 e. The summed E-state index contributed by atoms with van der Waals surface area (Å²) in [6.07, 6.45) is 0.323. The second-order valence-electron chi connectivity index (χ2n) is 5.88. The van der Waals surface area contributed by atoms with Crippen molar-refractivity contribution >= 4 is 11.9 Å². The van der Waals surface area contributed by atoms with E-state index in [0.29, 0.717) is 12.1 Å². The van der Waals surface area contributed by atoms with Crippen LogP contribution >= 0.6 is 0 Å². The van der Waals surface area contributed by atoms with E-state index in [1.165, 1.54) is 12.3 Å². The summed E-state index contributed by atoms with van der Waals surface area (Å²) in [4.78, 5) is 24.9. The summed E-state index contributed by atoms with van der Waals surface area (Å²) in [7, 11) is 0. The van der Waals surface area contributed by atoms with Crippen molar-refractivity contribution in [2.75, 3.05) is 0 Å². The van der Waals surface area contributed by atoms with E-state index in [-0.39, 0.29) is 5.76 Å². The number of esters is 1. The number of ether oxygens (including phenoxy) is 1. The predicted molar refractivity (Wildman–Crippen MR) is 96.3 cm³/mol. The van der Waals surface area contributed by atoms with Gasteiger partial charge in [-0.15, -0.1) is 0 Å². The van der Waals surface area contributed by atoms with Crippen LogP contribution in [0.15, 0.2) is 77.4 Å². The van der Waals surface area contributed by atoms with Crippen LogP contribution in [-0.2, 0) is 16.1 Å². The van der Waals surface area contributed by atoms with Crippen molar-refractivity contribution in [2.24, 2.45) is 0 Å². The van der Waals surface area contributed by atoms with E-state index in [9.17, 15) is 9.59 Å². The van der Waals surface area contributed by atoms with Crippen molar-refractivity contribution in [3.8, 4) is 0 Å². The Hall–Kier alpha value is -3.34. The van der Waals surface area contributed by atoms with E-state index in [2.05, 4.69) is 5.32 Å². The van der Waals surface area contributed by atoms with Gasteiger partial charge >= 0.3 is 5.97 Å². The highest BCUT2D eigenvalue weighted by atomic mass is 16.6. The van der Waals surface area contributed by atoms with Gasteiger partial charge in [-0.25, -0.2) is 4.79 Å². The van der Waals surface area contributed by atoms with Crippen LogP contribution < -0.4 is 5.32 Å². The Balaban J connectivity index is 1.76. The normalized spacial score (nSPS) is 11.6. The van der Waals surface area contributed by atoms with Gasteiger partial charge < -0.3 is 14.5 Å². The van der Waals surface area contributed by atoms with Gasteiger partial charge in [-0.3, -0.25) is 4.79 Å². The first-order chi connectivity index (χ1) is 12.6. The second-order valence-corrected chi connectivity index (χ2v) is 5.88. The van der Waals surface area contributed by atoms with Crippen molar-refractivity contribution in [1.29, 1.82) is 0 Å². The van der Waals surface area contributed by atoms with Crippen LogP contribution in [0.1, 0.15) is 33.3 Å². The van der Waals surface area contributed by atoms with Crippen LogP contribution in [0.4, 0.5) is 0 Å². The first-order valence-corrected chi connectivity index (χ1v) is 8.26. The first kappa shape index (κ1) is 17.5. The van der Waals surface area contributed by atoms with Gasteiger partial charge in [-0.1, -0.05) is 60.2 Å². The number of carbonyl (C=O) groups excluding carboxylic acids is 2. The SMILES string of the molecule is Cc1ccc(C(OC(=O)c2ccco2)C(=O)NCc2ccccc2)cc1. The van der Waals surface area contributed by atoms with Gasteiger partial charge in [-0.2, -0.15) is 0 Å². The summed E-state index contributed by atoms with van der Waals surface area (Å²) in [6.45, 7) is 2.30. The summed E-state index contributed by atoms with van der Waals surface area (Å²) in [5.41, 5.74) is 2.61. The van der Waals surface area contributed by atoms with Gasteiger partial charge in [0.25, 0.3) is 5.91 Å². The maximum Gasteiger partial charge on any atom is 0.375 e. The third-order valence-electron chi connectivity index (χ3n) is 3.88. The van der Waals surface area contributed by atoms with E-state index in [0.717, 1.165) is 11.1 Å². The lowest BCUT2D eigenvalue weighted by Gasteiger charge is -2.18. The number of furan rings is 1. The lowest BCUT2D eigenvalue weighted by atomic mass is 10.1. The fraction of sp³-hybridized carbons (Fsp3) is 0.143. The van der Waals surface area contributed by atoms with Crippen molar-refractivity contribution in [3.63, 3.8) is 0 Å². The lowest BCUT2D eigenvalue weighted by molar-refractivity contribution is -0.130. The molecular weight excluding hydrogens is 330 g/mol. The Morgan fingerprint density at radius 2 is 1.73 bits per heavy atom. The molecule has 0 spiro atoms. The van der Waals surface area contributed by atoms with E-state index in [1.807, 2.05) is 49.4 Å². The van der Waals surface area contributed by atoms with E-state index in [1.54, 1.807) is 18.2 Å². The van der Waals surface area contributed by atoms with Gasteiger partial charge in [0.2, 0.25) is 11.9 Å². The Labute approximate surface area is 151 Å². The molecule has 0 aliphatic carbocycles. The number of hydrogen-bond acceptors (Lipinski definition) is 4. The molecule has 1 heterocycles. The molecule has 5 nitrogen and oxygen atoms in total. The van der Waals surface area contributed by atoms with E-state index < -0.39 is 18.0 Å². The van der Waals surface area contributed by atoms with E-state index in [4.69, 9.17) is 9.15 Å². The maximum absolute atomic E-state index is 12.7. The van der Waals surface area contributed by atoms with Crippen molar-refractivity contribution in [3.05, 3.63) is 95.4 Å². The Morgan fingerprint density at radius 1 is 1.00 bits per heavy atom. The third-order valence-corrected chi connectivity index (χ3v) is 3.88. The highest BCUT2D eigenvalue weighted by Crippen LogP contribution is 2.21. The van der Waals surface area contributed by atoms with Crippen LogP contribution in [0, 0.1) is 6.92 Å². The maximum atomic E-state index is 12.7. The third kappa shape index (κ3) is 4.39. The van der Waals surface area contributed by atoms with E-state index >= 15 is 0 Å². The van der Waals surface area contributed by atoms with Crippen molar-refractivity contribution in [2.45, 2.75) is 19.6 Å². The molecule has 1 N–H and O–H groups in total. The number of aryl methyl sites for hydroxylation is 1. The Morgan fingerprint density at radius 3 is 2.38 bits per heavy atom. The van der Waals surface area contributed by atoms with Crippen LogP contribution in [0.3, 0.4) is 0 Å². The van der Waals surface area contributed by atoms with Gasteiger partial charge in [0.1, 0.15) is 0 Å². The molecule has 3 aromatic rings. The molecule has 1 unspecified atom stereocenters. The van der Waals surface area contributed by atoms with Gasteiger partial charge in [0.05, 0.1) is 6.26 Å². The largest absolute Gasteiger partial charge is 0.457 e. The van der Waals surface area contributed by atoms with Crippen LogP contribution in [-0.4, -0.2) is 11.9 Å². The molecule has 2 aromatic carbocycles. The van der Waals surface area contributed by atoms with Gasteiger partial charge in [0.15, 0.2) is 0 Å². The minimum Gasteiger partial charge on any atom is -0.457 e. The highest BCUT2D eigenvalue weighted by molar-refractivity contribution is 5.90. The molecule has 1 aromatic heterocycles. The molecule has 0 fully saturated rings. The molecule has 0 aliphatic rings. The molecule has 132 valence electrons. The van der Waals surface area contributed by atoms with Crippen molar-refractivity contribution < 1.29 is 18.7 Å². The molecule has 3 rings (SSSR count). The Kier molecular flexibility index (Phi) is 5.49. The molecule has 0 saturated carbocycles. The summed E-state index contributed by atoms with van der Waals surface area (Å²) >= 11 is 0. The number of carbonyl (C=O) groups is 2. The quantitative estimate of drug-likeness (QED) is 0.687. The summed E-state index contributed by atoms with van der Waals surface area (Å²) in [6, 6.07) is 19.9. The van der Waals surface area contributed by atoms with Crippen LogP contribution in [0.25, 0.3) is 0 Å². The molecule has 5 heteroatoms. The minimum atomic E-state index is -1.06. The average molecular weight is 349 g/mol.